The molecule has 0 aliphatic heterocycles. The molecule has 13 heavy (non-hydrogen) atoms. The second-order valence-corrected chi connectivity index (χ2v) is 2.10. The third-order valence-electron chi connectivity index (χ3n) is 1.35. The number of aromatic nitrogens is 1. The molecule has 5 nitrogen and oxygen atoms in total. The van der Waals surface area contributed by atoms with E-state index in [2.05, 4.69) is 14.1 Å². The Morgan fingerprint density at radius 3 is 2.15 bits per heavy atom. The predicted octanol–water partition coefficient (Wildman–Crippen LogP) is -2.14. The zero-order valence-corrected chi connectivity index (χ0v) is 6.70. The summed E-state index contributed by atoms with van der Waals surface area (Å²) in [4.78, 5) is 3.79. The van der Waals surface area contributed by atoms with Crippen molar-refractivity contribution < 1.29 is 19.2 Å². The van der Waals surface area contributed by atoms with E-state index in [4.69, 9.17) is 10.0 Å². The van der Waals surface area contributed by atoms with E-state index in [1.54, 1.807) is 24.5 Å². The minimum Gasteiger partial charge on any atom is -0.450 e. The summed E-state index contributed by atoms with van der Waals surface area (Å²) in [6.07, 6.45) is 3.09. The topological polar surface area (TPSA) is 71.8 Å². The summed E-state index contributed by atoms with van der Waals surface area (Å²) in [5, 5.41) is 16.8. The van der Waals surface area contributed by atoms with E-state index in [0.29, 0.717) is 20.8 Å². The molecule has 0 bridgehead atoms. The van der Waals surface area contributed by atoms with Gasteiger partial charge in [-0.2, -0.15) is 0 Å². The standard InChI is InChI=1S/C5H6B3NO4/c10-6-12-8(13-7-11)5-1-3-9-4-2-5/h1-4,10-11H. The molecule has 2 radical (unpaired) electrons. The van der Waals surface area contributed by atoms with Crippen molar-refractivity contribution in [2.24, 2.45) is 0 Å². The van der Waals surface area contributed by atoms with E-state index < -0.39 is 7.12 Å². The Balaban J connectivity index is 2.64. The average molecular weight is 177 g/mol. The van der Waals surface area contributed by atoms with E-state index in [9.17, 15) is 0 Å². The maximum absolute atomic E-state index is 8.39. The molecular weight excluding hydrogens is 170 g/mol. The third kappa shape index (κ3) is 3.20. The molecule has 0 spiro atoms. The highest BCUT2D eigenvalue weighted by Gasteiger charge is 2.20. The molecule has 1 aromatic rings. The van der Waals surface area contributed by atoms with Crippen LogP contribution in [0.3, 0.4) is 0 Å². The van der Waals surface area contributed by atoms with Crippen LogP contribution in [-0.2, 0) is 9.14 Å². The van der Waals surface area contributed by atoms with Gasteiger partial charge in [-0.25, -0.2) is 0 Å². The first kappa shape index (κ1) is 10.3. The molecule has 0 aliphatic rings. The maximum atomic E-state index is 8.39. The summed E-state index contributed by atoms with van der Waals surface area (Å²) in [5.74, 6) is 0. The lowest BCUT2D eigenvalue weighted by atomic mass is 9.77. The summed E-state index contributed by atoms with van der Waals surface area (Å²) < 4.78 is 9.32. The molecule has 0 saturated carbocycles. The molecule has 0 atom stereocenters. The molecule has 1 heterocycles. The first-order chi connectivity index (χ1) is 6.38. The average Bonchev–Trinajstić information content (AvgIpc) is 2.19. The predicted molar refractivity (Wildman–Crippen MR) is 47.7 cm³/mol. The van der Waals surface area contributed by atoms with Gasteiger partial charge in [0.1, 0.15) is 0 Å². The summed E-state index contributed by atoms with van der Waals surface area (Å²) in [7, 11) is 0.126. The van der Waals surface area contributed by atoms with Gasteiger partial charge in [0, 0.05) is 12.4 Å². The van der Waals surface area contributed by atoms with Crippen molar-refractivity contribution in [3.8, 4) is 0 Å². The van der Waals surface area contributed by atoms with Crippen LogP contribution in [0.5, 0.6) is 0 Å². The van der Waals surface area contributed by atoms with Gasteiger partial charge in [-0.05, 0) is 17.6 Å². The van der Waals surface area contributed by atoms with Crippen LogP contribution in [0.25, 0.3) is 0 Å². The molecule has 1 aromatic heterocycles. The molecule has 0 unspecified atom stereocenters. The fourth-order valence-electron chi connectivity index (χ4n) is 0.820. The van der Waals surface area contributed by atoms with Crippen molar-refractivity contribution in [2.45, 2.75) is 0 Å². The van der Waals surface area contributed by atoms with Gasteiger partial charge in [0.2, 0.25) is 0 Å². The van der Waals surface area contributed by atoms with Crippen LogP contribution in [0.2, 0.25) is 0 Å². The van der Waals surface area contributed by atoms with Crippen LogP contribution in [0, 0.1) is 0 Å². The lowest BCUT2D eigenvalue weighted by Gasteiger charge is -2.10. The Labute approximate surface area is 77.5 Å². The monoisotopic (exact) mass is 177 g/mol. The highest BCUT2D eigenvalue weighted by Crippen LogP contribution is 1.88. The molecule has 1 rings (SSSR count). The van der Waals surface area contributed by atoms with Crippen molar-refractivity contribution in [1.29, 1.82) is 0 Å². The van der Waals surface area contributed by atoms with Crippen LogP contribution in [0.4, 0.5) is 0 Å². The molecule has 8 heteroatoms. The summed E-state index contributed by atoms with van der Waals surface area (Å²) in [6, 6.07) is 3.27. The minimum absolute atomic E-state index is 0.495. The molecule has 2 N–H and O–H groups in total. The summed E-state index contributed by atoms with van der Waals surface area (Å²) in [5.41, 5.74) is 0.630. The Bertz CT molecular complexity index is 230. The number of rotatable bonds is 5. The van der Waals surface area contributed by atoms with Crippen molar-refractivity contribution in [2.75, 3.05) is 0 Å². The van der Waals surface area contributed by atoms with Gasteiger partial charge in [0.25, 0.3) is 0 Å². The van der Waals surface area contributed by atoms with Crippen molar-refractivity contribution in [1.82, 2.24) is 4.98 Å². The van der Waals surface area contributed by atoms with Crippen molar-refractivity contribution >= 4 is 28.0 Å². The van der Waals surface area contributed by atoms with Gasteiger partial charge in [-0.15, -0.1) is 0 Å². The Morgan fingerprint density at radius 2 is 1.69 bits per heavy atom. The maximum Gasteiger partial charge on any atom is 0.470 e. The van der Waals surface area contributed by atoms with Gasteiger partial charge in [0.15, 0.2) is 0 Å². The fourth-order valence-corrected chi connectivity index (χ4v) is 0.820. The summed E-state index contributed by atoms with van der Waals surface area (Å²) in [6.45, 7) is 0. The van der Waals surface area contributed by atoms with E-state index in [1.807, 2.05) is 0 Å². The smallest absolute Gasteiger partial charge is 0.450 e. The number of nitrogens with zero attached hydrogens (tertiary/aromatic N) is 1. The molecule has 0 aromatic carbocycles. The lowest BCUT2D eigenvalue weighted by molar-refractivity contribution is 0.376. The van der Waals surface area contributed by atoms with Crippen LogP contribution < -0.4 is 5.46 Å². The molecule has 64 valence electrons. The van der Waals surface area contributed by atoms with Crippen LogP contribution >= 0.6 is 0 Å². The van der Waals surface area contributed by atoms with Crippen molar-refractivity contribution in [3.63, 3.8) is 0 Å². The largest absolute Gasteiger partial charge is 0.470 e. The van der Waals surface area contributed by atoms with E-state index >= 15 is 0 Å². The van der Waals surface area contributed by atoms with Gasteiger partial charge >= 0.3 is 22.5 Å². The number of hydrogen-bond acceptors (Lipinski definition) is 5. The Morgan fingerprint density at radius 1 is 1.15 bits per heavy atom. The van der Waals surface area contributed by atoms with E-state index in [0.717, 1.165) is 0 Å². The first-order valence-corrected chi connectivity index (χ1v) is 3.51. The second kappa shape index (κ2) is 5.77. The van der Waals surface area contributed by atoms with Crippen LogP contribution in [0.15, 0.2) is 24.5 Å². The van der Waals surface area contributed by atoms with Crippen LogP contribution in [-0.4, -0.2) is 37.5 Å². The number of pyridine rings is 1. The summed E-state index contributed by atoms with van der Waals surface area (Å²) >= 11 is 0. The van der Waals surface area contributed by atoms with E-state index in [-0.39, 0.29) is 0 Å². The highest BCUT2D eigenvalue weighted by atomic mass is 16.6. The molecule has 0 saturated heterocycles. The quantitative estimate of drug-likeness (QED) is 0.501. The third-order valence-corrected chi connectivity index (χ3v) is 1.35. The van der Waals surface area contributed by atoms with Gasteiger partial charge < -0.3 is 19.2 Å². The Hall–Kier alpha value is -0.815. The molecule has 0 amide bonds. The molecule has 0 fully saturated rings. The Kier molecular flexibility index (Phi) is 4.55. The minimum atomic E-state index is -0.863. The zero-order chi connectivity index (χ0) is 9.52. The molecular formula is C5H6B3NO4. The highest BCUT2D eigenvalue weighted by molar-refractivity contribution is 6.68. The van der Waals surface area contributed by atoms with Gasteiger partial charge in [-0.3, -0.25) is 4.98 Å². The SMILES string of the molecule is O[B]OB(O[B]O)c1ccncc1. The molecule has 0 aliphatic carbocycles. The number of hydrogen-bond donors (Lipinski definition) is 2. The zero-order valence-electron chi connectivity index (χ0n) is 6.70. The normalized spacial score (nSPS) is 9.38. The van der Waals surface area contributed by atoms with Crippen LogP contribution in [0.1, 0.15) is 0 Å². The van der Waals surface area contributed by atoms with E-state index in [1.165, 1.54) is 0 Å². The lowest BCUT2D eigenvalue weighted by Crippen LogP contribution is -2.39. The van der Waals surface area contributed by atoms with Gasteiger partial charge in [-0.1, -0.05) is 0 Å². The second-order valence-electron chi connectivity index (χ2n) is 2.10. The van der Waals surface area contributed by atoms with Gasteiger partial charge in [0.05, 0.1) is 0 Å². The first-order valence-electron chi connectivity index (χ1n) is 3.51. The fraction of sp³-hybridized carbons (Fsp3) is 0. The van der Waals surface area contributed by atoms with Crippen molar-refractivity contribution in [3.05, 3.63) is 24.5 Å².